The average Bonchev–Trinajstić information content (AvgIpc) is 2.68. The molecule has 0 bridgehead atoms. The SMILES string of the molecule is Clc1ccc(CNCc2cc(Br)cs2)c(Cl)c1. The van der Waals surface area contributed by atoms with Gasteiger partial charge in [0.1, 0.15) is 0 Å². The fourth-order valence-corrected chi connectivity index (χ4v) is 3.33. The quantitative estimate of drug-likeness (QED) is 0.808. The zero-order valence-electron chi connectivity index (χ0n) is 8.84. The van der Waals surface area contributed by atoms with Crippen LogP contribution in [0.25, 0.3) is 0 Å². The van der Waals surface area contributed by atoms with Gasteiger partial charge in [-0.15, -0.1) is 11.3 Å². The first-order chi connectivity index (χ1) is 8.15. The number of halogens is 3. The Morgan fingerprint density at radius 2 is 2.00 bits per heavy atom. The Bertz CT molecular complexity index is 513. The molecule has 5 heteroatoms. The van der Waals surface area contributed by atoms with E-state index in [1.54, 1.807) is 17.4 Å². The van der Waals surface area contributed by atoms with E-state index in [1.165, 1.54) is 4.88 Å². The second-order valence-corrected chi connectivity index (χ2v) is 6.33. The van der Waals surface area contributed by atoms with Gasteiger partial charge in [0.05, 0.1) is 0 Å². The molecule has 0 spiro atoms. The summed E-state index contributed by atoms with van der Waals surface area (Å²) < 4.78 is 1.13. The van der Waals surface area contributed by atoms with E-state index in [0.717, 1.165) is 23.1 Å². The van der Waals surface area contributed by atoms with E-state index in [1.807, 2.05) is 12.1 Å². The minimum absolute atomic E-state index is 0.668. The molecule has 0 saturated heterocycles. The number of rotatable bonds is 4. The van der Waals surface area contributed by atoms with Crippen molar-refractivity contribution in [2.24, 2.45) is 0 Å². The molecule has 0 atom stereocenters. The van der Waals surface area contributed by atoms with E-state index in [2.05, 4.69) is 32.7 Å². The van der Waals surface area contributed by atoms with Crippen molar-refractivity contribution >= 4 is 50.5 Å². The van der Waals surface area contributed by atoms with Crippen molar-refractivity contribution in [1.29, 1.82) is 0 Å². The molecular weight excluding hydrogens is 341 g/mol. The summed E-state index contributed by atoms with van der Waals surface area (Å²) in [6.07, 6.45) is 0. The summed E-state index contributed by atoms with van der Waals surface area (Å²) in [5.41, 5.74) is 1.06. The standard InChI is InChI=1S/C12H10BrCl2NS/c13-9-3-11(17-7-9)6-16-5-8-1-2-10(14)4-12(8)15/h1-4,7,16H,5-6H2. The van der Waals surface area contributed by atoms with Crippen LogP contribution in [0.2, 0.25) is 10.0 Å². The first-order valence-electron chi connectivity index (χ1n) is 5.03. The first kappa shape index (κ1) is 13.4. The minimum atomic E-state index is 0.668. The molecule has 0 aliphatic rings. The number of nitrogens with one attached hydrogen (secondary N) is 1. The summed E-state index contributed by atoms with van der Waals surface area (Å²) in [5, 5.41) is 6.80. The fraction of sp³-hybridized carbons (Fsp3) is 0.167. The molecule has 0 saturated carbocycles. The highest BCUT2D eigenvalue weighted by Gasteiger charge is 2.02. The summed E-state index contributed by atoms with van der Waals surface area (Å²) in [7, 11) is 0. The third kappa shape index (κ3) is 3.97. The summed E-state index contributed by atoms with van der Waals surface area (Å²) in [4.78, 5) is 1.29. The molecule has 17 heavy (non-hydrogen) atoms. The summed E-state index contributed by atoms with van der Waals surface area (Å²) in [6.45, 7) is 1.58. The maximum atomic E-state index is 6.09. The topological polar surface area (TPSA) is 12.0 Å². The van der Waals surface area contributed by atoms with Gasteiger partial charge in [0.25, 0.3) is 0 Å². The van der Waals surface area contributed by atoms with Crippen LogP contribution in [-0.4, -0.2) is 0 Å². The van der Waals surface area contributed by atoms with Crippen molar-refractivity contribution in [2.45, 2.75) is 13.1 Å². The van der Waals surface area contributed by atoms with Gasteiger partial charge < -0.3 is 5.32 Å². The Balaban J connectivity index is 1.90. The highest BCUT2D eigenvalue weighted by Crippen LogP contribution is 2.22. The van der Waals surface area contributed by atoms with Gasteiger partial charge in [-0.2, -0.15) is 0 Å². The van der Waals surface area contributed by atoms with Crippen LogP contribution < -0.4 is 5.32 Å². The lowest BCUT2D eigenvalue weighted by Gasteiger charge is -2.06. The number of hydrogen-bond acceptors (Lipinski definition) is 2. The minimum Gasteiger partial charge on any atom is -0.308 e. The van der Waals surface area contributed by atoms with Gasteiger partial charge in [-0.25, -0.2) is 0 Å². The Hall–Kier alpha value is -0.0600. The molecule has 0 aliphatic carbocycles. The van der Waals surface area contributed by atoms with Crippen molar-refractivity contribution in [3.05, 3.63) is 54.6 Å². The van der Waals surface area contributed by atoms with Crippen LogP contribution in [0, 0.1) is 0 Å². The summed E-state index contributed by atoms with van der Waals surface area (Å²) >= 11 is 17.1. The Morgan fingerprint density at radius 1 is 1.18 bits per heavy atom. The van der Waals surface area contributed by atoms with Crippen molar-refractivity contribution < 1.29 is 0 Å². The van der Waals surface area contributed by atoms with Crippen LogP contribution in [-0.2, 0) is 13.1 Å². The highest BCUT2D eigenvalue weighted by atomic mass is 79.9. The predicted octanol–water partition coefficient (Wildman–Crippen LogP) is 5.11. The third-order valence-electron chi connectivity index (χ3n) is 2.25. The molecule has 90 valence electrons. The molecule has 1 aromatic heterocycles. The van der Waals surface area contributed by atoms with E-state index in [-0.39, 0.29) is 0 Å². The van der Waals surface area contributed by atoms with Crippen molar-refractivity contribution in [2.75, 3.05) is 0 Å². The van der Waals surface area contributed by atoms with Crippen LogP contribution in [0.15, 0.2) is 34.1 Å². The largest absolute Gasteiger partial charge is 0.308 e. The number of thiophene rings is 1. The van der Waals surface area contributed by atoms with E-state index in [9.17, 15) is 0 Å². The lowest BCUT2D eigenvalue weighted by Crippen LogP contribution is -2.11. The maximum Gasteiger partial charge on any atom is 0.0465 e. The highest BCUT2D eigenvalue weighted by molar-refractivity contribution is 9.10. The van der Waals surface area contributed by atoms with E-state index in [0.29, 0.717) is 10.0 Å². The zero-order chi connectivity index (χ0) is 12.3. The molecular formula is C12H10BrCl2NS. The van der Waals surface area contributed by atoms with Crippen molar-refractivity contribution in [3.63, 3.8) is 0 Å². The van der Waals surface area contributed by atoms with Crippen LogP contribution >= 0.6 is 50.5 Å². The number of benzene rings is 1. The zero-order valence-corrected chi connectivity index (χ0v) is 12.8. The number of hydrogen-bond donors (Lipinski definition) is 1. The van der Waals surface area contributed by atoms with Crippen LogP contribution in [0.3, 0.4) is 0 Å². The molecule has 0 radical (unpaired) electrons. The Kier molecular flexibility index (Phi) is 4.88. The van der Waals surface area contributed by atoms with E-state index in [4.69, 9.17) is 23.2 Å². The molecule has 1 N–H and O–H groups in total. The van der Waals surface area contributed by atoms with Gasteiger partial charge in [-0.3, -0.25) is 0 Å². The van der Waals surface area contributed by atoms with E-state index < -0.39 is 0 Å². The lowest BCUT2D eigenvalue weighted by atomic mass is 10.2. The lowest BCUT2D eigenvalue weighted by molar-refractivity contribution is 0.701. The monoisotopic (exact) mass is 349 g/mol. The van der Waals surface area contributed by atoms with Gasteiger partial charge in [-0.1, -0.05) is 29.3 Å². The molecule has 0 unspecified atom stereocenters. The molecule has 2 rings (SSSR count). The molecule has 1 heterocycles. The molecule has 0 amide bonds. The third-order valence-corrected chi connectivity index (χ3v) is 4.54. The summed E-state index contributed by atoms with van der Waals surface area (Å²) in [5.74, 6) is 0. The predicted molar refractivity (Wildman–Crippen MR) is 79.0 cm³/mol. The normalized spacial score (nSPS) is 10.8. The molecule has 0 aliphatic heterocycles. The molecule has 2 aromatic rings. The Morgan fingerprint density at radius 3 is 2.65 bits per heavy atom. The molecule has 1 nitrogen and oxygen atoms in total. The second-order valence-electron chi connectivity index (χ2n) is 3.57. The fourth-order valence-electron chi connectivity index (χ4n) is 1.43. The van der Waals surface area contributed by atoms with Crippen LogP contribution in [0.1, 0.15) is 10.4 Å². The van der Waals surface area contributed by atoms with Gasteiger partial charge in [0, 0.05) is 37.9 Å². The first-order valence-corrected chi connectivity index (χ1v) is 7.45. The second kappa shape index (κ2) is 6.21. The van der Waals surface area contributed by atoms with Crippen molar-refractivity contribution in [1.82, 2.24) is 5.32 Å². The maximum absolute atomic E-state index is 6.09. The summed E-state index contributed by atoms with van der Waals surface area (Å²) in [6, 6.07) is 7.68. The van der Waals surface area contributed by atoms with Gasteiger partial charge in [0.15, 0.2) is 0 Å². The van der Waals surface area contributed by atoms with Gasteiger partial charge in [-0.05, 0) is 39.7 Å². The smallest absolute Gasteiger partial charge is 0.0465 e. The molecule has 0 fully saturated rings. The molecule has 1 aromatic carbocycles. The van der Waals surface area contributed by atoms with Gasteiger partial charge in [0.2, 0.25) is 0 Å². The van der Waals surface area contributed by atoms with Crippen LogP contribution in [0.5, 0.6) is 0 Å². The average molecular weight is 351 g/mol. The van der Waals surface area contributed by atoms with E-state index >= 15 is 0 Å². The van der Waals surface area contributed by atoms with Crippen molar-refractivity contribution in [3.8, 4) is 0 Å². The van der Waals surface area contributed by atoms with Gasteiger partial charge >= 0.3 is 0 Å². The Labute approximate surface area is 123 Å². The van der Waals surface area contributed by atoms with Crippen LogP contribution in [0.4, 0.5) is 0 Å².